The molecule has 1 fully saturated rings. The van der Waals surface area contributed by atoms with Crippen LogP contribution in [0.1, 0.15) is 43.5 Å². The minimum atomic E-state index is 0.512. The molecule has 2 heteroatoms. The van der Waals surface area contributed by atoms with Gasteiger partial charge in [-0.05, 0) is 45.7 Å². The molecule has 0 aromatic heterocycles. The standard InChI is InChI=1S/C16H26N2/c1-11-6-7-16(12(2)8-11)15(5)18-9-13(3)17-14(4)10-18/h6-8,13-15,17H,9-10H2,1-5H3. The smallest absolute Gasteiger partial charge is 0.0323 e. The number of hydrogen-bond acceptors (Lipinski definition) is 2. The summed E-state index contributed by atoms with van der Waals surface area (Å²) in [6.45, 7) is 13.6. The quantitative estimate of drug-likeness (QED) is 0.863. The molecule has 1 N–H and O–H groups in total. The summed E-state index contributed by atoms with van der Waals surface area (Å²) in [4.78, 5) is 2.60. The summed E-state index contributed by atoms with van der Waals surface area (Å²) in [5.74, 6) is 0. The van der Waals surface area contributed by atoms with E-state index in [1.807, 2.05) is 0 Å². The van der Waals surface area contributed by atoms with E-state index >= 15 is 0 Å². The maximum atomic E-state index is 3.60. The molecule has 1 aromatic carbocycles. The van der Waals surface area contributed by atoms with Crippen LogP contribution in [0.3, 0.4) is 0 Å². The van der Waals surface area contributed by atoms with Crippen LogP contribution >= 0.6 is 0 Å². The van der Waals surface area contributed by atoms with E-state index in [1.165, 1.54) is 16.7 Å². The van der Waals surface area contributed by atoms with E-state index in [-0.39, 0.29) is 0 Å². The molecule has 0 saturated carbocycles. The molecule has 2 nitrogen and oxygen atoms in total. The second kappa shape index (κ2) is 5.41. The molecule has 2 rings (SSSR count). The maximum Gasteiger partial charge on any atom is 0.0323 e. The van der Waals surface area contributed by atoms with Crippen LogP contribution in [0.15, 0.2) is 18.2 Å². The Labute approximate surface area is 111 Å². The lowest BCUT2D eigenvalue weighted by atomic mass is 9.97. The van der Waals surface area contributed by atoms with Crippen molar-refractivity contribution in [3.8, 4) is 0 Å². The van der Waals surface area contributed by atoms with Gasteiger partial charge in [0.15, 0.2) is 0 Å². The number of nitrogens with zero attached hydrogens (tertiary/aromatic N) is 1. The van der Waals surface area contributed by atoms with Crippen LogP contribution in [0, 0.1) is 13.8 Å². The zero-order valence-electron chi connectivity index (χ0n) is 12.3. The zero-order valence-corrected chi connectivity index (χ0v) is 12.3. The van der Waals surface area contributed by atoms with Gasteiger partial charge in [0.25, 0.3) is 0 Å². The summed E-state index contributed by atoms with van der Waals surface area (Å²) in [6.07, 6.45) is 0. The minimum Gasteiger partial charge on any atom is -0.309 e. The predicted molar refractivity (Wildman–Crippen MR) is 78.0 cm³/mol. The van der Waals surface area contributed by atoms with Gasteiger partial charge in [-0.15, -0.1) is 0 Å². The Balaban J connectivity index is 2.17. The van der Waals surface area contributed by atoms with Gasteiger partial charge in [-0.2, -0.15) is 0 Å². The van der Waals surface area contributed by atoms with Gasteiger partial charge >= 0.3 is 0 Å². The molecule has 100 valence electrons. The number of aryl methyl sites for hydroxylation is 2. The van der Waals surface area contributed by atoms with Gasteiger partial charge in [0.1, 0.15) is 0 Å². The highest BCUT2D eigenvalue weighted by atomic mass is 15.2. The number of benzene rings is 1. The summed E-state index contributed by atoms with van der Waals surface area (Å²) in [6, 6.07) is 8.50. The molecule has 0 spiro atoms. The summed E-state index contributed by atoms with van der Waals surface area (Å²) >= 11 is 0. The Morgan fingerprint density at radius 3 is 2.33 bits per heavy atom. The van der Waals surface area contributed by atoms with Gasteiger partial charge in [0, 0.05) is 31.2 Å². The van der Waals surface area contributed by atoms with E-state index in [2.05, 4.69) is 63.0 Å². The Morgan fingerprint density at radius 2 is 1.78 bits per heavy atom. The maximum absolute atomic E-state index is 3.60. The molecule has 1 aliphatic rings. The Hall–Kier alpha value is -0.860. The summed E-state index contributed by atoms with van der Waals surface area (Å²) in [7, 11) is 0. The largest absolute Gasteiger partial charge is 0.309 e. The molecule has 3 unspecified atom stereocenters. The number of hydrogen-bond donors (Lipinski definition) is 1. The Bertz CT molecular complexity index is 404. The molecule has 0 aliphatic carbocycles. The van der Waals surface area contributed by atoms with Gasteiger partial charge in [-0.25, -0.2) is 0 Å². The molecule has 1 aromatic rings. The van der Waals surface area contributed by atoms with Gasteiger partial charge < -0.3 is 5.32 Å². The topological polar surface area (TPSA) is 15.3 Å². The first-order valence-corrected chi connectivity index (χ1v) is 7.04. The number of rotatable bonds is 2. The minimum absolute atomic E-state index is 0.512. The van der Waals surface area contributed by atoms with E-state index in [4.69, 9.17) is 0 Å². The van der Waals surface area contributed by atoms with Crippen molar-refractivity contribution in [1.29, 1.82) is 0 Å². The third-order valence-electron chi connectivity index (χ3n) is 4.01. The average molecular weight is 246 g/mol. The highest BCUT2D eigenvalue weighted by molar-refractivity contribution is 5.32. The fourth-order valence-electron chi connectivity index (χ4n) is 3.18. The van der Waals surface area contributed by atoms with Crippen molar-refractivity contribution >= 4 is 0 Å². The van der Waals surface area contributed by atoms with Crippen LogP contribution in [-0.4, -0.2) is 30.1 Å². The second-order valence-corrected chi connectivity index (χ2v) is 5.96. The normalized spacial score (nSPS) is 27.2. The van der Waals surface area contributed by atoms with Crippen LogP contribution in [0.2, 0.25) is 0 Å². The predicted octanol–water partition coefficient (Wildman–Crippen LogP) is 3.05. The Kier molecular flexibility index (Phi) is 4.08. The summed E-state index contributed by atoms with van der Waals surface area (Å²) in [5.41, 5.74) is 4.24. The molecule has 3 atom stereocenters. The van der Waals surface area contributed by atoms with Crippen molar-refractivity contribution in [2.75, 3.05) is 13.1 Å². The van der Waals surface area contributed by atoms with E-state index in [0.29, 0.717) is 18.1 Å². The highest BCUT2D eigenvalue weighted by Crippen LogP contribution is 2.25. The van der Waals surface area contributed by atoms with Gasteiger partial charge in [0.2, 0.25) is 0 Å². The van der Waals surface area contributed by atoms with Crippen LogP contribution in [0.5, 0.6) is 0 Å². The highest BCUT2D eigenvalue weighted by Gasteiger charge is 2.25. The first kappa shape index (κ1) is 13.6. The molecule has 0 amide bonds. The zero-order chi connectivity index (χ0) is 13.3. The van der Waals surface area contributed by atoms with E-state index < -0.39 is 0 Å². The molecule has 0 radical (unpaired) electrons. The van der Waals surface area contributed by atoms with Crippen molar-refractivity contribution in [3.63, 3.8) is 0 Å². The van der Waals surface area contributed by atoms with Crippen molar-refractivity contribution in [1.82, 2.24) is 10.2 Å². The number of piperazine rings is 1. The van der Waals surface area contributed by atoms with E-state index in [1.54, 1.807) is 0 Å². The third-order valence-corrected chi connectivity index (χ3v) is 4.01. The monoisotopic (exact) mass is 246 g/mol. The van der Waals surface area contributed by atoms with E-state index in [9.17, 15) is 0 Å². The third kappa shape index (κ3) is 2.93. The fourth-order valence-corrected chi connectivity index (χ4v) is 3.18. The van der Waals surface area contributed by atoms with Gasteiger partial charge in [-0.3, -0.25) is 4.90 Å². The molecular formula is C16H26N2. The lowest BCUT2D eigenvalue weighted by molar-refractivity contribution is 0.131. The summed E-state index contributed by atoms with van der Waals surface area (Å²) in [5, 5.41) is 3.60. The van der Waals surface area contributed by atoms with Crippen LogP contribution in [-0.2, 0) is 0 Å². The average Bonchev–Trinajstić information content (AvgIpc) is 2.26. The lowest BCUT2D eigenvalue weighted by Crippen LogP contribution is -2.54. The van der Waals surface area contributed by atoms with Gasteiger partial charge in [-0.1, -0.05) is 23.8 Å². The first-order chi connectivity index (χ1) is 8.47. The molecular weight excluding hydrogens is 220 g/mol. The van der Waals surface area contributed by atoms with Crippen LogP contribution in [0.4, 0.5) is 0 Å². The molecule has 0 bridgehead atoms. The van der Waals surface area contributed by atoms with Crippen molar-refractivity contribution < 1.29 is 0 Å². The van der Waals surface area contributed by atoms with Crippen molar-refractivity contribution in [2.45, 2.75) is 52.7 Å². The fraction of sp³-hybridized carbons (Fsp3) is 0.625. The first-order valence-electron chi connectivity index (χ1n) is 7.04. The SMILES string of the molecule is Cc1ccc(C(C)N2CC(C)NC(C)C2)c(C)c1. The molecule has 1 heterocycles. The van der Waals surface area contributed by atoms with E-state index in [0.717, 1.165) is 13.1 Å². The molecule has 1 saturated heterocycles. The lowest BCUT2D eigenvalue weighted by Gasteiger charge is -2.40. The van der Waals surface area contributed by atoms with Crippen LogP contribution in [0.25, 0.3) is 0 Å². The summed E-state index contributed by atoms with van der Waals surface area (Å²) < 4.78 is 0. The molecule has 18 heavy (non-hydrogen) atoms. The van der Waals surface area contributed by atoms with Crippen LogP contribution < -0.4 is 5.32 Å². The van der Waals surface area contributed by atoms with Crippen molar-refractivity contribution in [2.24, 2.45) is 0 Å². The molecule has 1 aliphatic heterocycles. The van der Waals surface area contributed by atoms with Crippen molar-refractivity contribution in [3.05, 3.63) is 34.9 Å². The number of nitrogens with one attached hydrogen (secondary N) is 1. The second-order valence-electron chi connectivity index (χ2n) is 5.96. The van der Waals surface area contributed by atoms with Gasteiger partial charge in [0.05, 0.1) is 0 Å². The Morgan fingerprint density at radius 1 is 1.17 bits per heavy atom.